The second kappa shape index (κ2) is 3.88. The standard InChI is InChI=1S/C10H13N3O2S/c1-3-7-5-12-10-9(7)4-8(6-13-10)16(14,15)11-2/h4-6,11H,3H2,1-2H3,(H,12,13). The minimum atomic E-state index is -3.42. The van der Waals surface area contributed by atoms with Crippen molar-refractivity contribution in [2.45, 2.75) is 18.2 Å². The molecule has 0 bridgehead atoms. The minimum Gasteiger partial charge on any atom is -0.346 e. The predicted molar refractivity (Wildman–Crippen MR) is 61.7 cm³/mol. The zero-order valence-corrected chi connectivity index (χ0v) is 9.93. The van der Waals surface area contributed by atoms with Crippen LogP contribution >= 0.6 is 0 Å². The van der Waals surface area contributed by atoms with Crippen LogP contribution in [-0.4, -0.2) is 25.4 Å². The number of rotatable bonds is 3. The minimum absolute atomic E-state index is 0.191. The molecule has 2 rings (SSSR count). The molecule has 0 spiro atoms. The maximum absolute atomic E-state index is 11.6. The summed E-state index contributed by atoms with van der Waals surface area (Å²) in [7, 11) is -2.03. The molecular formula is C10H13N3O2S. The van der Waals surface area contributed by atoms with Crippen LogP contribution in [0.4, 0.5) is 0 Å². The molecule has 6 heteroatoms. The van der Waals surface area contributed by atoms with Crippen molar-refractivity contribution in [1.29, 1.82) is 0 Å². The number of nitrogens with one attached hydrogen (secondary N) is 2. The molecule has 0 radical (unpaired) electrons. The zero-order chi connectivity index (χ0) is 11.8. The number of hydrogen-bond donors (Lipinski definition) is 2. The van der Waals surface area contributed by atoms with Gasteiger partial charge < -0.3 is 4.98 Å². The molecule has 2 aromatic heterocycles. The summed E-state index contributed by atoms with van der Waals surface area (Å²) in [4.78, 5) is 7.29. The van der Waals surface area contributed by atoms with E-state index in [0.717, 1.165) is 17.4 Å². The highest BCUT2D eigenvalue weighted by atomic mass is 32.2. The van der Waals surface area contributed by atoms with Gasteiger partial charge in [0.05, 0.1) is 0 Å². The number of fused-ring (bicyclic) bond motifs is 1. The molecule has 0 aliphatic carbocycles. The summed E-state index contributed by atoms with van der Waals surface area (Å²) in [6.45, 7) is 2.02. The first-order chi connectivity index (χ1) is 7.58. The molecule has 0 aromatic carbocycles. The van der Waals surface area contributed by atoms with E-state index in [1.165, 1.54) is 13.2 Å². The Labute approximate surface area is 93.9 Å². The molecule has 0 unspecified atom stereocenters. The average Bonchev–Trinajstić information content (AvgIpc) is 2.70. The maximum atomic E-state index is 11.6. The van der Waals surface area contributed by atoms with Crippen molar-refractivity contribution < 1.29 is 8.42 Å². The van der Waals surface area contributed by atoms with E-state index in [0.29, 0.717) is 5.65 Å². The van der Waals surface area contributed by atoms with Crippen LogP contribution in [0.3, 0.4) is 0 Å². The largest absolute Gasteiger partial charge is 0.346 e. The molecule has 2 aromatic rings. The molecule has 2 N–H and O–H groups in total. The topological polar surface area (TPSA) is 74.8 Å². The second-order valence-corrected chi connectivity index (χ2v) is 5.33. The number of nitrogens with zero attached hydrogens (tertiary/aromatic N) is 1. The van der Waals surface area contributed by atoms with Gasteiger partial charge in [-0.1, -0.05) is 6.92 Å². The molecular weight excluding hydrogens is 226 g/mol. The van der Waals surface area contributed by atoms with Crippen LogP contribution in [-0.2, 0) is 16.4 Å². The number of hydrogen-bond acceptors (Lipinski definition) is 3. The molecule has 2 heterocycles. The lowest BCUT2D eigenvalue weighted by atomic mass is 10.2. The molecule has 0 amide bonds. The lowest BCUT2D eigenvalue weighted by Gasteiger charge is -2.02. The molecule has 86 valence electrons. The van der Waals surface area contributed by atoms with Crippen LogP contribution in [0.15, 0.2) is 23.4 Å². The Morgan fingerprint density at radius 3 is 2.88 bits per heavy atom. The number of aromatic nitrogens is 2. The maximum Gasteiger partial charge on any atom is 0.241 e. The zero-order valence-electron chi connectivity index (χ0n) is 9.11. The summed E-state index contributed by atoms with van der Waals surface area (Å²) in [5, 5.41) is 0.860. The molecule has 0 saturated carbocycles. The third-order valence-corrected chi connectivity index (χ3v) is 3.93. The van der Waals surface area contributed by atoms with Crippen LogP contribution in [0, 0.1) is 0 Å². The van der Waals surface area contributed by atoms with Crippen LogP contribution < -0.4 is 4.72 Å². The van der Waals surface area contributed by atoms with E-state index < -0.39 is 10.0 Å². The Kier molecular flexibility index (Phi) is 2.69. The molecule has 0 fully saturated rings. The molecule has 0 atom stereocenters. The summed E-state index contributed by atoms with van der Waals surface area (Å²) in [5.74, 6) is 0. The number of sulfonamides is 1. The normalized spacial score (nSPS) is 12.1. The first-order valence-electron chi connectivity index (χ1n) is 4.98. The third-order valence-electron chi connectivity index (χ3n) is 2.55. The van der Waals surface area contributed by atoms with E-state index >= 15 is 0 Å². The SMILES string of the molecule is CCc1c[nH]c2ncc(S(=O)(=O)NC)cc12. The quantitative estimate of drug-likeness (QED) is 0.840. The van der Waals surface area contributed by atoms with Crippen molar-refractivity contribution >= 4 is 21.1 Å². The molecule has 16 heavy (non-hydrogen) atoms. The summed E-state index contributed by atoms with van der Waals surface area (Å²) in [6, 6.07) is 1.64. The smallest absolute Gasteiger partial charge is 0.241 e. The van der Waals surface area contributed by atoms with Crippen molar-refractivity contribution in [3.8, 4) is 0 Å². The summed E-state index contributed by atoms with van der Waals surface area (Å²) in [6.07, 6.45) is 4.04. The fourth-order valence-corrected chi connectivity index (χ4v) is 2.30. The van der Waals surface area contributed by atoms with Crippen molar-refractivity contribution in [1.82, 2.24) is 14.7 Å². The molecule has 0 saturated heterocycles. The van der Waals surface area contributed by atoms with Crippen LogP contribution in [0.2, 0.25) is 0 Å². The van der Waals surface area contributed by atoms with E-state index in [2.05, 4.69) is 14.7 Å². The average molecular weight is 239 g/mol. The first kappa shape index (κ1) is 11.1. The molecule has 5 nitrogen and oxygen atoms in total. The predicted octanol–water partition coefficient (Wildman–Crippen LogP) is 1.03. The van der Waals surface area contributed by atoms with Gasteiger partial charge in [0.1, 0.15) is 10.5 Å². The van der Waals surface area contributed by atoms with E-state index in [1.807, 2.05) is 13.1 Å². The fraction of sp³-hybridized carbons (Fsp3) is 0.300. The number of aryl methyl sites for hydroxylation is 1. The van der Waals surface area contributed by atoms with Crippen molar-refractivity contribution in [2.75, 3.05) is 7.05 Å². The van der Waals surface area contributed by atoms with Crippen LogP contribution in [0.1, 0.15) is 12.5 Å². The number of aromatic amines is 1. The lowest BCUT2D eigenvalue weighted by Crippen LogP contribution is -2.18. The highest BCUT2D eigenvalue weighted by Crippen LogP contribution is 2.20. The van der Waals surface area contributed by atoms with E-state index in [9.17, 15) is 8.42 Å². The number of pyridine rings is 1. The Hall–Kier alpha value is -1.40. The molecule has 0 aliphatic rings. The van der Waals surface area contributed by atoms with Gasteiger partial charge in [0.15, 0.2) is 0 Å². The fourth-order valence-electron chi connectivity index (χ4n) is 1.60. The third kappa shape index (κ3) is 1.70. The van der Waals surface area contributed by atoms with Crippen molar-refractivity contribution in [2.24, 2.45) is 0 Å². The van der Waals surface area contributed by atoms with Crippen molar-refractivity contribution in [3.05, 3.63) is 24.0 Å². The monoisotopic (exact) mass is 239 g/mol. The summed E-state index contributed by atoms with van der Waals surface area (Å²) < 4.78 is 25.5. The van der Waals surface area contributed by atoms with Crippen molar-refractivity contribution in [3.63, 3.8) is 0 Å². The Morgan fingerprint density at radius 2 is 2.25 bits per heavy atom. The lowest BCUT2D eigenvalue weighted by molar-refractivity contribution is 0.588. The van der Waals surface area contributed by atoms with Gasteiger partial charge in [-0.3, -0.25) is 0 Å². The van der Waals surface area contributed by atoms with E-state index in [-0.39, 0.29) is 4.90 Å². The summed E-state index contributed by atoms with van der Waals surface area (Å²) >= 11 is 0. The van der Waals surface area contributed by atoms with Gasteiger partial charge in [-0.05, 0) is 25.1 Å². The Bertz CT molecular complexity index is 616. The van der Waals surface area contributed by atoms with Gasteiger partial charge in [0, 0.05) is 17.8 Å². The van der Waals surface area contributed by atoms with Gasteiger partial charge in [0.2, 0.25) is 10.0 Å². The Balaban J connectivity index is 2.67. The highest BCUT2D eigenvalue weighted by molar-refractivity contribution is 7.89. The van der Waals surface area contributed by atoms with Gasteiger partial charge in [-0.25, -0.2) is 18.1 Å². The number of H-pyrrole nitrogens is 1. The summed E-state index contributed by atoms with van der Waals surface area (Å²) in [5.41, 5.74) is 1.78. The van der Waals surface area contributed by atoms with Gasteiger partial charge in [-0.15, -0.1) is 0 Å². The second-order valence-electron chi connectivity index (χ2n) is 3.44. The van der Waals surface area contributed by atoms with Crippen LogP contribution in [0.25, 0.3) is 11.0 Å². The van der Waals surface area contributed by atoms with Gasteiger partial charge in [-0.2, -0.15) is 0 Å². The van der Waals surface area contributed by atoms with Gasteiger partial charge in [0.25, 0.3) is 0 Å². The Morgan fingerprint density at radius 1 is 1.50 bits per heavy atom. The first-order valence-corrected chi connectivity index (χ1v) is 6.46. The van der Waals surface area contributed by atoms with E-state index in [1.54, 1.807) is 6.07 Å². The highest BCUT2D eigenvalue weighted by Gasteiger charge is 2.13. The van der Waals surface area contributed by atoms with E-state index in [4.69, 9.17) is 0 Å². The van der Waals surface area contributed by atoms with Crippen LogP contribution in [0.5, 0.6) is 0 Å². The van der Waals surface area contributed by atoms with Gasteiger partial charge >= 0.3 is 0 Å². The molecule has 0 aliphatic heterocycles.